The summed E-state index contributed by atoms with van der Waals surface area (Å²) in [4.78, 5) is 25.3. The van der Waals surface area contributed by atoms with Gasteiger partial charge in [0, 0.05) is 56.6 Å². The predicted molar refractivity (Wildman–Crippen MR) is 130 cm³/mol. The Morgan fingerprint density at radius 2 is 1.93 bits per heavy atom. The number of benzene rings is 1. The molecule has 1 N–H and O–H groups in total. The molecule has 1 amide bonds. The van der Waals surface area contributed by atoms with E-state index < -0.39 is 0 Å². The minimum Gasteiger partial charge on any atom is -0.481 e. The topological polar surface area (TPSA) is 70.1 Å². The van der Waals surface area contributed by atoms with Gasteiger partial charge >= 0.3 is 0 Å². The fourth-order valence-corrected chi connectivity index (χ4v) is 3.56. The van der Waals surface area contributed by atoms with Crippen molar-refractivity contribution in [1.82, 2.24) is 20.1 Å². The first-order chi connectivity index (χ1) is 14.1. The highest BCUT2D eigenvalue weighted by atomic mass is 127. The summed E-state index contributed by atoms with van der Waals surface area (Å²) in [7, 11) is 3.37. The van der Waals surface area contributed by atoms with Crippen LogP contribution in [0.4, 0.5) is 0 Å². The largest absolute Gasteiger partial charge is 0.481 e. The number of nitrogens with one attached hydrogen (secondary N) is 1. The number of nitrogens with zero attached hydrogens (tertiary/aromatic N) is 4. The third-order valence-corrected chi connectivity index (χ3v) is 5.10. The molecule has 1 aromatic heterocycles. The van der Waals surface area contributed by atoms with Crippen LogP contribution in [0.15, 0.2) is 47.6 Å². The van der Waals surface area contributed by atoms with Gasteiger partial charge in [-0.1, -0.05) is 29.8 Å². The normalized spacial score (nSPS) is 14.2. The highest BCUT2D eigenvalue weighted by Gasteiger charge is 2.23. The van der Waals surface area contributed by atoms with Crippen molar-refractivity contribution < 1.29 is 9.53 Å². The second-order valence-corrected chi connectivity index (χ2v) is 7.18. The molecular weight excluding hydrogens is 517 g/mol. The van der Waals surface area contributed by atoms with Gasteiger partial charge in [-0.25, -0.2) is 4.98 Å². The smallest absolute Gasteiger partial charge is 0.227 e. The average Bonchev–Trinajstić information content (AvgIpc) is 2.75. The van der Waals surface area contributed by atoms with Gasteiger partial charge in [0.2, 0.25) is 11.8 Å². The number of pyridine rings is 1. The number of piperazine rings is 1. The van der Waals surface area contributed by atoms with Crippen LogP contribution in [0.5, 0.6) is 5.88 Å². The molecule has 3 rings (SSSR count). The highest BCUT2D eigenvalue weighted by molar-refractivity contribution is 14.0. The maximum absolute atomic E-state index is 12.6. The van der Waals surface area contributed by atoms with Crippen molar-refractivity contribution in [2.45, 2.75) is 13.0 Å². The molecule has 2 aromatic rings. The zero-order valence-corrected chi connectivity index (χ0v) is 20.3. The van der Waals surface area contributed by atoms with Crippen LogP contribution in [0, 0.1) is 0 Å². The van der Waals surface area contributed by atoms with Crippen LogP contribution in [0.3, 0.4) is 0 Å². The number of guanidine groups is 1. The molecule has 0 atom stereocenters. The monoisotopic (exact) mass is 543 g/mol. The fourth-order valence-electron chi connectivity index (χ4n) is 3.35. The van der Waals surface area contributed by atoms with E-state index >= 15 is 0 Å². The molecule has 30 heavy (non-hydrogen) atoms. The van der Waals surface area contributed by atoms with Crippen LogP contribution in [0.2, 0.25) is 5.02 Å². The summed E-state index contributed by atoms with van der Waals surface area (Å²) < 4.78 is 5.30. The van der Waals surface area contributed by atoms with E-state index in [0.717, 1.165) is 30.2 Å². The molecule has 0 spiro atoms. The minimum atomic E-state index is 0. The lowest BCUT2D eigenvalue weighted by molar-refractivity contribution is -0.131. The number of hydrogen-bond donors (Lipinski definition) is 1. The Balaban J connectivity index is 0.00000320. The van der Waals surface area contributed by atoms with E-state index in [9.17, 15) is 4.79 Å². The molecule has 0 aliphatic carbocycles. The molecular formula is C21H27ClIN5O2. The van der Waals surface area contributed by atoms with E-state index in [2.05, 4.69) is 20.2 Å². The molecule has 162 valence electrons. The second-order valence-electron chi connectivity index (χ2n) is 6.75. The first-order valence-electron chi connectivity index (χ1n) is 9.56. The maximum atomic E-state index is 12.6. The van der Waals surface area contributed by atoms with Gasteiger partial charge in [-0.2, -0.15) is 0 Å². The van der Waals surface area contributed by atoms with Crippen LogP contribution < -0.4 is 10.1 Å². The van der Waals surface area contributed by atoms with Crippen LogP contribution in [0.1, 0.15) is 11.1 Å². The molecule has 1 aliphatic rings. The lowest BCUT2D eigenvalue weighted by atomic mass is 10.1. The molecule has 9 heteroatoms. The number of hydrogen-bond acceptors (Lipinski definition) is 4. The number of amides is 1. The van der Waals surface area contributed by atoms with Gasteiger partial charge in [0.15, 0.2) is 5.96 Å². The highest BCUT2D eigenvalue weighted by Crippen LogP contribution is 2.14. The maximum Gasteiger partial charge on any atom is 0.227 e. The van der Waals surface area contributed by atoms with Gasteiger partial charge in [0.05, 0.1) is 13.5 Å². The van der Waals surface area contributed by atoms with Crippen molar-refractivity contribution in [3.63, 3.8) is 0 Å². The number of aliphatic imine (C=N–C) groups is 1. The van der Waals surface area contributed by atoms with Crippen LogP contribution in [0.25, 0.3) is 0 Å². The minimum absolute atomic E-state index is 0. The van der Waals surface area contributed by atoms with E-state index in [4.69, 9.17) is 16.3 Å². The van der Waals surface area contributed by atoms with Crippen molar-refractivity contribution in [1.29, 1.82) is 0 Å². The lowest BCUT2D eigenvalue weighted by Gasteiger charge is -2.36. The van der Waals surface area contributed by atoms with Crippen molar-refractivity contribution >= 4 is 47.4 Å². The molecule has 0 bridgehead atoms. The summed E-state index contributed by atoms with van der Waals surface area (Å²) in [5.41, 5.74) is 1.90. The lowest BCUT2D eigenvalue weighted by Crippen LogP contribution is -2.53. The summed E-state index contributed by atoms with van der Waals surface area (Å²) in [6.45, 7) is 3.35. The number of ether oxygens (including phenoxy) is 1. The van der Waals surface area contributed by atoms with Gasteiger partial charge in [0.1, 0.15) is 0 Å². The Morgan fingerprint density at radius 1 is 1.20 bits per heavy atom. The number of carbonyl (C=O) groups is 1. The number of halogens is 2. The molecule has 0 radical (unpaired) electrons. The van der Waals surface area contributed by atoms with E-state index in [0.29, 0.717) is 37.0 Å². The van der Waals surface area contributed by atoms with Crippen LogP contribution >= 0.6 is 35.6 Å². The van der Waals surface area contributed by atoms with Gasteiger partial charge in [-0.15, -0.1) is 24.0 Å². The average molecular weight is 544 g/mol. The Bertz CT molecular complexity index is 872. The van der Waals surface area contributed by atoms with Crippen LogP contribution in [-0.4, -0.2) is 67.0 Å². The Morgan fingerprint density at radius 3 is 2.60 bits per heavy atom. The molecule has 2 heterocycles. The first kappa shape index (κ1) is 24.2. The molecule has 1 aliphatic heterocycles. The van der Waals surface area contributed by atoms with Crippen molar-refractivity contribution in [2.75, 3.05) is 40.3 Å². The van der Waals surface area contributed by atoms with Gasteiger partial charge in [-0.05, 0) is 23.8 Å². The third-order valence-electron chi connectivity index (χ3n) is 4.87. The summed E-state index contributed by atoms with van der Waals surface area (Å²) in [5.74, 6) is 1.53. The van der Waals surface area contributed by atoms with E-state index in [1.165, 1.54) is 0 Å². The SMILES string of the molecule is CN=C(NCc1cccnc1OC)N1CCN(C(=O)Cc2cccc(Cl)c2)CC1.I. The summed E-state index contributed by atoms with van der Waals surface area (Å²) in [5, 5.41) is 4.01. The van der Waals surface area contributed by atoms with E-state index in [1.54, 1.807) is 20.4 Å². The zero-order chi connectivity index (χ0) is 20.6. The number of carbonyl (C=O) groups excluding carboxylic acids is 1. The summed E-state index contributed by atoms with van der Waals surface area (Å²) >= 11 is 6.01. The molecule has 1 fully saturated rings. The molecule has 0 saturated carbocycles. The standard InChI is InChI=1S/C21H26ClN5O2.HI/c1-23-21(25-15-17-6-4-8-24-20(17)29-2)27-11-9-26(10-12-27)19(28)14-16-5-3-7-18(22)13-16;/h3-8,13H,9-12,14-15H2,1-2H3,(H,23,25);1H. The van der Waals surface area contributed by atoms with E-state index in [-0.39, 0.29) is 29.9 Å². The van der Waals surface area contributed by atoms with Crippen molar-refractivity contribution in [3.05, 3.63) is 58.7 Å². The quantitative estimate of drug-likeness (QED) is 0.357. The first-order valence-corrected chi connectivity index (χ1v) is 9.94. The zero-order valence-electron chi connectivity index (χ0n) is 17.2. The predicted octanol–water partition coefficient (Wildman–Crippen LogP) is 2.82. The second kappa shape index (κ2) is 11.9. The summed E-state index contributed by atoms with van der Waals surface area (Å²) in [6, 6.07) is 11.3. The Labute approximate surface area is 199 Å². The Hall–Kier alpha value is -2.07. The molecule has 7 nitrogen and oxygen atoms in total. The summed E-state index contributed by atoms with van der Waals surface area (Å²) in [6.07, 6.45) is 2.07. The Kier molecular flexibility index (Phi) is 9.64. The van der Waals surface area contributed by atoms with E-state index in [1.807, 2.05) is 41.3 Å². The van der Waals surface area contributed by atoms with Crippen molar-refractivity contribution in [2.24, 2.45) is 4.99 Å². The third kappa shape index (κ3) is 6.46. The molecule has 1 saturated heterocycles. The van der Waals surface area contributed by atoms with Crippen molar-refractivity contribution in [3.8, 4) is 5.88 Å². The van der Waals surface area contributed by atoms with Crippen LogP contribution in [-0.2, 0) is 17.8 Å². The van der Waals surface area contributed by atoms with Gasteiger partial charge in [-0.3, -0.25) is 9.79 Å². The number of methoxy groups -OCH3 is 1. The number of aromatic nitrogens is 1. The molecule has 1 aromatic carbocycles. The fraction of sp³-hybridized carbons (Fsp3) is 0.381. The molecule has 0 unspecified atom stereocenters. The number of rotatable bonds is 5. The van der Waals surface area contributed by atoms with Gasteiger partial charge < -0.3 is 19.9 Å². The van der Waals surface area contributed by atoms with Gasteiger partial charge in [0.25, 0.3) is 0 Å².